The molecule has 1 amide bonds. The molecule has 162 valence electrons. The van der Waals surface area contributed by atoms with E-state index in [1.54, 1.807) is 0 Å². The molecule has 1 aromatic carbocycles. The number of thiazole rings is 1. The van der Waals surface area contributed by atoms with Crippen molar-refractivity contribution >= 4 is 33.3 Å². The van der Waals surface area contributed by atoms with Crippen molar-refractivity contribution < 1.29 is 4.79 Å². The zero-order valence-electron chi connectivity index (χ0n) is 18.0. The van der Waals surface area contributed by atoms with E-state index in [0.29, 0.717) is 17.5 Å². The van der Waals surface area contributed by atoms with Crippen molar-refractivity contribution in [1.82, 2.24) is 20.2 Å². The monoisotopic (exact) mass is 436 g/mol. The van der Waals surface area contributed by atoms with Gasteiger partial charge in [0.1, 0.15) is 6.54 Å². The molecule has 0 bridgehead atoms. The molecule has 1 aliphatic rings. The molecule has 2 N–H and O–H groups in total. The number of carbonyl (C=O) groups is 1. The van der Waals surface area contributed by atoms with Crippen LogP contribution in [-0.2, 0) is 13.0 Å². The average molecular weight is 437 g/mol. The fraction of sp³-hybridized carbons (Fsp3) is 0.435. The normalized spacial score (nSPS) is 14.2. The summed E-state index contributed by atoms with van der Waals surface area (Å²) in [6, 6.07) is 12.8. The molecule has 0 saturated carbocycles. The minimum absolute atomic E-state index is 0.159. The number of fused-ring (bicyclic) bond motifs is 1. The zero-order valence-corrected chi connectivity index (χ0v) is 18.8. The summed E-state index contributed by atoms with van der Waals surface area (Å²) in [5.74, 6) is 0.137. The Morgan fingerprint density at radius 2 is 2.03 bits per heavy atom. The molecule has 7 nitrogen and oxygen atoms in total. The van der Waals surface area contributed by atoms with Crippen LogP contribution >= 0.6 is 11.3 Å². The molecule has 3 aromatic rings. The van der Waals surface area contributed by atoms with Gasteiger partial charge in [-0.15, -0.1) is 11.3 Å². The Hall–Kier alpha value is -2.89. The maximum Gasteiger partial charge on any atom is 0.280 e. The first-order chi connectivity index (χ1) is 15.1. The lowest BCUT2D eigenvalue weighted by molar-refractivity contribution is 0.0954. The summed E-state index contributed by atoms with van der Waals surface area (Å²) in [5.41, 5.74) is 4.25. The van der Waals surface area contributed by atoms with E-state index in [1.165, 1.54) is 22.6 Å². The molecule has 1 aliphatic heterocycles. The molecule has 0 radical (unpaired) electrons. The maximum atomic E-state index is 12.6. The molecule has 0 unspecified atom stereocenters. The lowest BCUT2D eigenvalue weighted by atomic mass is 10.1. The van der Waals surface area contributed by atoms with Gasteiger partial charge in [0.05, 0.1) is 10.8 Å². The van der Waals surface area contributed by atoms with E-state index in [9.17, 15) is 4.79 Å². The van der Waals surface area contributed by atoms with Gasteiger partial charge in [0, 0.05) is 44.1 Å². The van der Waals surface area contributed by atoms with Crippen LogP contribution in [0.3, 0.4) is 0 Å². The van der Waals surface area contributed by atoms with Crippen LogP contribution in [0.4, 0.5) is 5.69 Å². The number of nitriles is 1. The number of benzene rings is 1. The second kappa shape index (κ2) is 9.50. The summed E-state index contributed by atoms with van der Waals surface area (Å²) >= 11 is 1.38. The highest BCUT2D eigenvalue weighted by Gasteiger charge is 2.19. The number of hydrogen-bond donors (Lipinski definition) is 2. The van der Waals surface area contributed by atoms with Gasteiger partial charge in [-0.05, 0) is 36.1 Å². The Morgan fingerprint density at radius 1 is 1.29 bits per heavy atom. The van der Waals surface area contributed by atoms with Crippen molar-refractivity contribution in [3.63, 3.8) is 0 Å². The maximum absolute atomic E-state index is 12.6. The second-order valence-corrected chi connectivity index (χ2v) is 9.12. The first-order valence-electron chi connectivity index (χ1n) is 10.8. The SMILES string of the molecule is CC(C)c1cc2sc(C(=O)NCCc3ccc(N4CCNCC4)cc3)nc2n1CC#N. The Morgan fingerprint density at radius 3 is 2.71 bits per heavy atom. The number of nitrogens with zero attached hydrogens (tertiary/aromatic N) is 4. The van der Waals surface area contributed by atoms with E-state index in [0.717, 1.165) is 48.6 Å². The molecule has 1 saturated heterocycles. The second-order valence-electron chi connectivity index (χ2n) is 8.08. The van der Waals surface area contributed by atoms with Gasteiger partial charge in [-0.1, -0.05) is 26.0 Å². The summed E-state index contributed by atoms with van der Waals surface area (Å²) < 4.78 is 2.86. The van der Waals surface area contributed by atoms with Crippen molar-refractivity contribution in [2.24, 2.45) is 0 Å². The van der Waals surface area contributed by atoms with Crippen LogP contribution in [0.2, 0.25) is 0 Å². The van der Waals surface area contributed by atoms with Crippen LogP contribution < -0.4 is 15.5 Å². The smallest absolute Gasteiger partial charge is 0.280 e. The molecular formula is C23H28N6OS. The first kappa shape index (κ1) is 21.3. The van der Waals surface area contributed by atoms with Gasteiger partial charge >= 0.3 is 0 Å². The molecule has 8 heteroatoms. The van der Waals surface area contributed by atoms with E-state index in [-0.39, 0.29) is 12.5 Å². The summed E-state index contributed by atoms with van der Waals surface area (Å²) in [4.78, 5) is 19.5. The van der Waals surface area contributed by atoms with Gasteiger partial charge < -0.3 is 20.1 Å². The van der Waals surface area contributed by atoms with E-state index >= 15 is 0 Å². The molecular weight excluding hydrogens is 408 g/mol. The van der Waals surface area contributed by atoms with Crippen molar-refractivity contribution in [1.29, 1.82) is 5.26 Å². The standard InChI is InChI=1S/C23H28N6OS/c1-16(2)19-15-20-21(29(19)12-8-24)27-23(31-20)22(30)26-9-7-17-3-5-18(6-4-17)28-13-10-25-11-14-28/h3-6,15-16,25H,7,9-14H2,1-2H3,(H,26,30). The third kappa shape index (κ3) is 4.73. The quantitative estimate of drug-likeness (QED) is 0.594. The number of amides is 1. The zero-order chi connectivity index (χ0) is 21.8. The first-order valence-corrected chi connectivity index (χ1v) is 11.6. The number of piperazine rings is 1. The average Bonchev–Trinajstić information content (AvgIpc) is 3.34. The molecule has 2 aromatic heterocycles. The third-order valence-electron chi connectivity index (χ3n) is 5.61. The van der Waals surface area contributed by atoms with Crippen LogP contribution in [0.1, 0.15) is 40.8 Å². The predicted octanol–water partition coefficient (Wildman–Crippen LogP) is 3.13. The van der Waals surface area contributed by atoms with E-state index in [2.05, 4.69) is 64.7 Å². The summed E-state index contributed by atoms with van der Waals surface area (Å²) in [6.07, 6.45) is 0.774. The largest absolute Gasteiger partial charge is 0.369 e. The minimum Gasteiger partial charge on any atom is -0.369 e. The molecule has 3 heterocycles. The van der Waals surface area contributed by atoms with Crippen LogP contribution in [0.5, 0.6) is 0 Å². The van der Waals surface area contributed by atoms with Crippen molar-refractivity contribution in [2.45, 2.75) is 32.7 Å². The molecule has 0 aliphatic carbocycles. The van der Waals surface area contributed by atoms with Gasteiger partial charge in [0.25, 0.3) is 5.91 Å². The summed E-state index contributed by atoms with van der Waals surface area (Å²) in [7, 11) is 0. The van der Waals surface area contributed by atoms with E-state index < -0.39 is 0 Å². The van der Waals surface area contributed by atoms with Crippen molar-refractivity contribution in [3.05, 3.63) is 46.6 Å². The molecule has 0 atom stereocenters. The lowest BCUT2D eigenvalue weighted by Crippen LogP contribution is -2.43. The number of carbonyl (C=O) groups excluding carboxylic acids is 1. The molecule has 4 rings (SSSR count). The van der Waals surface area contributed by atoms with Crippen LogP contribution in [-0.4, -0.2) is 48.2 Å². The fourth-order valence-electron chi connectivity index (χ4n) is 3.95. The van der Waals surface area contributed by atoms with Crippen molar-refractivity contribution in [2.75, 3.05) is 37.6 Å². The molecule has 1 fully saturated rings. The van der Waals surface area contributed by atoms with Gasteiger partial charge in [-0.25, -0.2) is 4.98 Å². The highest BCUT2D eigenvalue weighted by atomic mass is 32.1. The Labute approximate surface area is 186 Å². The van der Waals surface area contributed by atoms with E-state index in [1.807, 2.05) is 10.6 Å². The van der Waals surface area contributed by atoms with Gasteiger partial charge in [0.15, 0.2) is 10.7 Å². The van der Waals surface area contributed by atoms with Crippen LogP contribution in [0, 0.1) is 11.3 Å². The third-order valence-corrected chi connectivity index (χ3v) is 6.60. The highest BCUT2D eigenvalue weighted by molar-refractivity contribution is 7.20. The summed E-state index contributed by atoms with van der Waals surface area (Å²) in [6.45, 7) is 9.11. The summed E-state index contributed by atoms with van der Waals surface area (Å²) in [5, 5.41) is 16.0. The van der Waals surface area contributed by atoms with Gasteiger partial charge in [0.2, 0.25) is 0 Å². The Balaban J connectivity index is 1.35. The lowest BCUT2D eigenvalue weighted by Gasteiger charge is -2.29. The van der Waals surface area contributed by atoms with Gasteiger partial charge in [-0.2, -0.15) is 5.26 Å². The highest BCUT2D eigenvalue weighted by Crippen LogP contribution is 2.29. The van der Waals surface area contributed by atoms with Crippen LogP contribution in [0.25, 0.3) is 10.3 Å². The number of aromatic nitrogens is 2. The fourth-order valence-corrected chi connectivity index (χ4v) is 4.88. The molecule has 31 heavy (non-hydrogen) atoms. The van der Waals surface area contributed by atoms with Crippen molar-refractivity contribution in [3.8, 4) is 6.07 Å². The van der Waals surface area contributed by atoms with Gasteiger partial charge in [-0.3, -0.25) is 4.79 Å². The topological polar surface area (TPSA) is 86.0 Å². The number of hydrogen-bond acceptors (Lipinski definition) is 6. The minimum atomic E-state index is -0.159. The molecule has 0 spiro atoms. The predicted molar refractivity (Wildman–Crippen MR) is 125 cm³/mol. The Bertz CT molecular complexity index is 1090. The number of anilines is 1. The van der Waals surface area contributed by atoms with Crippen LogP contribution in [0.15, 0.2) is 30.3 Å². The Kier molecular flexibility index (Phi) is 6.54. The number of nitrogens with one attached hydrogen (secondary N) is 2. The number of rotatable bonds is 7. The van der Waals surface area contributed by atoms with E-state index in [4.69, 9.17) is 5.26 Å².